The van der Waals surface area contributed by atoms with Crippen LogP contribution >= 0.6 is 0 Å². The summed E-state index contributed by atoms with van der Waals surface area (Å²) in [6.07, 6.45) is 2.11. The molecule has 4 N–H and O–H groups in total. The fourth-order valence-electron chi connectivity index (χ4n) is 5.52. The van der Waals surface area contributed by atoms with Crippen LogP contribution in [0.1, 0.15) is 66.2 Å². The summed E-state index contributed by atoms with van der Waals surface area (Å²) in [6.45, 7) is 6.79. The number of carbonyl (C=O) groups is 7. The highest BCUT2D eigenvalue weighted by Crippen LogP contribution is 2.21. The predicted octanol–water partition coefficient (Wildman–Crippen LogP) is -0.810. The van der Waals surface area contributed by atoms with E-state index in [1.807, 2.05) is 0 Å². The van der Waals surface area contributed by atoms with E-state index in [-0.39, 0.29) is 13.1 Å². The van der Waals surface area contributed by atoms with Gasteiger partial charge in [0.1, 0.15) is 29.8 Å². The summed E-state index contributed by atoms with van der Waals surface area (Å²) in [5.74, 6) is -3.54. The minimum Gasteiger partial charge on any atom is -0.480 e. The first-order valence-electron chi connectivity index (χ1n) is 14.4. The van der Waals surface area contributed by atoms with E-state index in [9.17, 15) is 38.7 Å². The molecule has 0 radical (unpaired) electrons. The molecule has 0 bridgehead atoms. The number of alkyl carbamates (subject to hydrolysis) is 1. The zero-order valence-electron chi connectivity index (χ0n) is 24.6. The van der Waals surface area contributed by atoms with E-state index in [0.717, 1.165) is 0 Å². The fraction of sp³-hybridized carbons (Fsp3) is 0.741. The van der Waals surface area contributed by atoms with Crippen LogP contribution in [-0.2, 0) is 33.5 Å². The maximum atomic E-state index is 13.0. The standard InChI is InChI=1S/C27H42N6O9/c1-16(30-26(41)42-27(2,3)4)24(38)33-13-6-9-18(33)23(37)29-14-20(34)31-11-5-8-17(31)22(36)28-15-21(35)32-12-7-10-19(32)25(39)40/h16-19H,5-15H2,1-4H3,(H,28,36)(H,29,37)(H,30,41)(H,39,40)/t16-,17-,18-,19-/m0/s1. The van der Waals surface area contributed by atoms with Crippen LogP contribution in [0.2, 0.25) is 0 Å². The van der Waals surface area contributed by atoms with Gasteiger partial charge in [0.25, 0.3) is 0 Å². The van der Waals surface area contributed by atoms with E-state index in [2.05, 4.69) is 16.0 Å². The molecule has 15 heteroatoms. The van der Waals surface area contributed by atoms with Gasteiger partial charge in [0, 0.05) is 19.6 Å². The van der Waals surface area contributed by atoms with Crippen molar-refractivity contribution in [3.8, 4) is 0 Å². The molecule has 3 saturated heterocycles. The van der Waals surface area contributed by atoms with Crippen molar-refractivity contribution < 1.29 is 43.4 Å². The number of likely N-dealkylation sites (tertiary alicyclic amines) is 3. The molecule has 0 spiro atoms. The highest BCUT2D eigenvalue weighted by Gasteiger charge is 2.39. The fourth-order valence-corrected chi connectivity index (χ4v) is 5.52. The number of carboxylic acid groups (broad SMARTS) is 1. The van der Waals surface area contributed by atoms with E-state index >= 15 is 0 Å². The number of carbonyl (C=O) groups excluding carboxylic acids is 6. The SMILES string of the molecule is C[C@H](NC(=O)OC(C)(C)C)C(=O)N1CCC[C@H]1C(=O)NCC(=O)N1CCC[C@H]1C(=O)NCC(=O)N1CCC[C@H]1C(=O)O. The van der Waals surface area contributed by atoms with Crippen molar-refractivity contribution in [3.05, 3.63) is 0 Å². The molecule has 0 aliphatic carbocycles. The zero-order valence-corrected chi connectivity index (χ0v) is 24.6. The van der Waals surface area contributed by atoms with Crippen molar-refractivity contribution >= 4 is 41.6 Å². The molecule has 6 amide bonds. The lowest BCUT2D eigenvalue weighted by atomic mass is 10.2. The number of aliphatic carboxylic acids is 1. The van der Waals surface area contributed by atoms with Crippen LogP contribution in [0.5, 0.6) is 0 Å². The van der Waals surface area contributed by atoms with Gasteiger partial charge in [0.2, 0.25) is 29.5 Å². The van der Waals surface area contributed by atoms with Gasteiger partial charge in [-0.1, -0.05) is 0 Å². The second kappa shape index (κ2) is 13.8. The summed E-state index contributed by atoms with van der Waals surface area (Å²) in [5.41, 5.74) is -0.735. The molecular formula is C27H42N6O9. The Balaban J connectivity index is 1.48. The molecule has 3 rings (SSSR count). The minimum absolute atomic E-state index is 0.301. The van der Waals surface area contributed by atoms with E-state index in [1.54, 1.807) is 20.8 Å². The third-order valence-electron chi connectivity index (χ3n) is 7.50. The molecule has 234 valence electrons. The number of carboxylic acids is 1. The Kier molecular flexibility index (Phi) is 10.7. The minimum atomic E-state index is -1.08. The van der Waals surface area contributed by atoms with Crippen molar-refractivity contribution in [1.29, 1.82) is 0 Å². The van der Waals surface area contributed by atoms with E-state index < -0.39 is 71.4 Å². The van der Waals surface area contributed by atoms with Gasteiger partial charge in [-0.05, 0) is 66.2 Å². The maximum absolute atomic E-state index is 13.0. The quantitative estimate of drug-likeness (QED) is 0.264. The molecule has 0 aromatic carbocycles. The first-order chi connectivity index (χ1) is 19.7. The summed E-state index contributed by atoms with van der Waals surface area (Å²) in [4.78, 5) is 91.5. The Morgan fingerprint density at radius 3 is 1.67 bits per heavy atom. The average molecular weight is 595 g/mol. The van der Waals surface area contributed by atoms with Crippen LogP contribution in [0, 0.1) is 0 Å². The molecule has 3 aliphatic rings. The van der Waals surface area contributed by atoms with Gasteiger partial charge in [-0.3, -0.25) is 24.0 Å². The molecule has 0 aromatic heterocycles. The number of hydrogen-bond acceptors (Lipinski definition) is 8. The number of ether oxygens (including phenoxy) is 1. The van der Waals surface area contributed by atoms with Crippen LogP contribution in [0.25, 0.3) is 0 Å². The van der Waals surface area contributed by atoms with Gasteiger partial charge in [-0.15, -0.1) is 0 Å². The van der Waals surface area contributed by atoms with Crippen LogP contribution in [0.4, 0.5) is 4.79 Å². The molecule has 0 unspecified atom stereocenters. The Hall–Kier alpha value is -3.91. The normalized spacial score (nSPS) is 22.9. The third kappa shape index (κ3) is 8.32. The molecule has 4 atom stereocenters. The lowest BCUT2D eigenvalue weighted by Gasteiger charge is -2.28. The number of nitrogens with zero attached hydrogens (tertiary/aromatic N) is 3. The third-order valence-corrected chi connectivity index (χ3v) is 7.50. The maximum Gasteiger partial charge on any atom is 0.408 e. The number of rotatable bonds is 9. The summed E-state index contributed by atoms with van der Waals surface area (Å²) in [7, 11) is 0. The molecule has 3 aliphatic heterocycles. The van der Waals surface area contributed by atoms with Gasteiger partial charge >= 0.3 is 12.1 Å². The largest absolute Gasteiger partial charge is 0.480 e. The Labute approximate surface area is 244 Å². The van der Waals surface area contributed by atoms with Crippen molar-refractivity contribution in [3.63, 3.8) is 0 Å². The predicted molar refractivity (Wildman–Crippen MR) is 147 cm³/mol. The molecule has 3 fully saturated rings. The average Bonchev–Trinajstić information content (AvgIpc) is 3.68. The molecule has 42 heavy (non-hydrogen) atoms. The molecule has 15 nitrogen and oxygen atoms in total. The summed E-state index contributed by atoms with van der Waals surface area (Å²) < 4.78 is 5.19. The zero-order chi connectivity index (χ0) is 31.2. The summed E-state index contributed by atoms with van der Waals surface area (Å²) >= 11 is 0. The highest BCUT2D eigenvalue weighted by molar-refractivity contribution is 5.95. The highest BCUT2D eigenvalue weighted by atomic mass is 16.6. The smallest absolute Gasteiger partial charge is 0.408 e. The summed E-state index contributed by atoms with van der Waals surface area (Å²) in [6, 6.07) is -3.46. The first kappa shape index (κ1) is 32.6. The molecule has 0 aromatic rings. The Bertz CT molecular complexity index is 1090. The van der Waals surface area contributed by atoms with Gasteiger partial charge in [0.05, 0.1) is 13.1 Å². The molecule has 3 heterocycles. The second-order valence-corrected chi connectivity index (χ2v) is 11.8. The topological polar surface area (TPSA) is 195 Å². The Morgan fingerprint density at radius 2 is 1.19 bits per heavy atom. The van der Waals surface area contributed by atoms with Gasteiger partial charge in [0.15, 0.2) is 0 Å². The van der Waals surface area contributed by atoms with Crippen molar-refractivity contribution in [2.45, 2.75) is 96.0 Å². The molecular weight excluding hydrogens is 552 g/mol. The monoisotopic (exact) mass is 594 g/mol. The van der Waals surface area contributed by atoms with Crippen molar-refractivity contribution in [2.24, 2.45) is 0 Å². The number of nitrogens with one attached hydrogen (secondary N) is 3. The van der Waals surface area contributed by atoms with E-state index in [4.69, 9.17) is 4.74 Å². The van der Waals surface area contributed by atoms with E-state index in [0.29, 0.717) is 58.2 Å². The van der Waals surface area contributed by atoms with Gasteiger partial charge < -0.3 is 40.5 Å². The van der Waals surface area contributed by atoms with Crippen LogP contribution < -0.4 is 16.0 Å². The van der Waals surface area contributed by atoms with Gasteiger partial charge in [-0.25, -0.2) is 9.59 Å². The van der Waals surface area contributed by atoms with Crippen molar-refractivity contribution in [2.75, 3.05) is 32.7 Å². The number of amides is 6. The summed E-state index contributed by atoms with van der Waals surface area (Å²) in [5, 5.41) is 16.9. The van der Waals surface area contributed by atoms with Gasteiger partial charge in [-0.2, -0.15) is 0 Å². The lowest BCUT2D eigenvalue weighted by molar-refractivity contribution is -0.148. The second-order valence-electron chi connectivity index (χ2n) is 11.8. The Morgan fingerprint density at radius 1 is 0.762 bits per heavy atom. The van der Waals surface area contributed by atoms with Crippen molar-refractivity contribution in [1.82, 2.24) is 30.7 Å². The van der Waals surface area contributed by atoms with E-state index in [1.165, 1.54) is 21.6 Å². The first-order valence-corrected chi connectivity index (χ1v) is 14.4. The van der Waals surface area contributed by atoms with Crippen LogP contribution in [0.3, 0.4) is 0 Å². The van der Waals surface area contributed by atoms with Crippen LogP contribution in [0.15, 0.2) is 0 Å². The molecule has 0 saturated carbocycles. The van der Waals surface area contributed by atoms with Crippen LogP contribution in [-0.4, -0.2) is 124 Å². The lowest BCUT2D eigenvalue weighted by Crippen LogP contribution is -2.54. The number of hydrogen-bond donors (Lipinski definition) is 4.